The van der Waals surface area contributed by atoms with Crippen molar-refractivity contribution in [2.75, 3.05) is 13.7 Å². The van der Waals surface area contributed by atoms with Crippen LogP contribution >= 0.6 is 0 Å². The number of carbonyl (C=O) groups is 2. The van der Waals surface area contributed by atoms with Gasteiger partial charge in [-0.15, -0.1) is 0 Å². The third kappa shape index (κ3) is 4.94. The van der Waals surface area contributed by atoms with Crippen molar-refractivity contribution in [1.29, 1.82) is 0 Å². The van der Waals surface area contributed by atoms with Gasteiger partial charge in [0.1, 0.15) is 0 Å². The van der Waals surface area contributed by atoms with Crippen LogP contribution in [0.3, 0.4) is 0 Å². The van der Waals surface area contributed by atoms with Crippen LogP contribution in [0.5, 0.6) is 0 Å². The molecule has 5 heteroatoms. The number of fused-ring (bicyclic) bond motifs is 1. The highest BCUT2D eigenvalue weighted by Crippen LogP contribution is 2.26. The molecule has 1 N–H and O–H groups in total. The summed E-state index contributed by atoms with van der Waals surface area (Å²) in [5, 5.41) is 5.90. The SMILES string of the molecule is COC(=O)c1ccc(CNCCC2CCC(=O)N2Cc2cccc3ccccc23)cc1. The van der Waals surface area contributed by atoms with Crippen LogP contribution in [-0.4, -0.2) is 36.5 Å². The maximum Gasteiger partial charge on any atom is 0.337 e. The zero-order valence-electron chi connectivity index (χ0n) is 17.8. The van der Waals surface area contributed by atoms with E-state index < -0.39 is 0 Å². The van der Waals surface area contributed by atoms with E-state index in [0.29, 0.717) is 18.5 Å². The Kier molecular flexibility index (Phi) is 6.63. The molecule has 1 unspecified atom stereocenters. The van der Waals surface area contributed by atoms with Crippen molar-refractivity contribution in [2.45, 2.75) is 38.4 Å². The van der Waals surface area contributed by atoms with Crippen molar-refractivity contribution in [3.8, 4) is 0 Å². The molecular formula is C26H28N2O3. The molecule has 0 spiro atoms. The second-order valence-corrected chi connectivity index (χ2v) is 8.01. The van der Waals surface area contributed by atoms with Gasteiger partial charge in [0.2, 0.25) is 5.91 Å². The lowest BCUT2D eigenvalue weighted by molar-refractivity contribution is -0.129. The second-order valence-electron chi connectivity index (χ2n) is 8.01. The van der Waals surface area contributed by atoms with Crippen LogP contribution in [0.2, 0.25) is 0 Å². The first-order valence-electron chi connectivity index (χ1n) is 10.8. The lowest BCUT2D eigenvalue weighted by Crippen LogP contribution is -2.34. The zero-order valence-corrected chi connectivity index (χ0v) is 17.8. The van der Waals surface area contributed by atoms with Crippen molar-refractivity contribution in [1.82, 2.24) is 10.2 Å². The second kappa shape index (κ2) is 9.75. The Hall–Kier alpha value is -3.18. The standard InChI is InChI=1S/C26H28N2O3/c1-31-26(30)21-11-9-19(10-12-21)17-27-16-15-23-13-14-25(29)28(23)18-22-7-4-6-20-5-2-3-8-24(20)22/h2-12,23,27H,13-18H2,1H3. The van der Waals surface area contributed by atoms with Crippen LogP contribution in [0.25, 0.3) is 10.8 Å². The topological polar surface area (TPSA) is 58.6 Å². The van der Waals surface area contributed by atoms with E-state index in [1.165, 1.54) is 23.4 Å². The van der Waals surface area contributed by atoms with E-state index in [1.54, 1.807) is 12.1 Å². The molecule has 3 aromatic rings. The minimum Gasteiger partial charge on any atom is -0.465 e. The molecule has 0 bridgehead atoms. The molecule has 0 aliphatic carbocycles. The van der Waals surface area contributed by atoms with Crippen LogP contribution in [0.1, 0.15) is 40.7 Å². The number of hydrogen-bond acceptors (Lipinski definition) is 4. The largest absolute Gasteiger partial charge is 0.465 e. The lowest BCUT2D eigenvalue weighted by Gasteiger charge is -2.26. The fraction of sp³-hybridized carbons (Fsp3) is 0.308. The highest BCUT2D eigenvalue weighted by atomic mass is 16.5. The van der Waals surface area contributed by atoms with Gasteiger partial charge in [0.15, 0.2) is 0 Å². The highest BCUT2D eigenvalue weighted by molar-refractivity contribution is 5.89. The number of ether oxygens (including phenoxy) is 1. The van der Waals surface area contributed by atoms with Gasteiger partial charge in [0.25, 0.3) is 0 Å². The molecule has 1 saturated heterocycles. The van der Waals surface area contributed by atoms with E-state index in [1.807, 2.05) is 18.2 Å². The number of nitrogens with one attached hydrogen (secondary N) is 1. The number of amides is 1. The Bertz CT molecular complexity index is 1060. The molecule has 1 atom stereocenters. The van der Waals surface area contributed by atoms with Crippen molar-refractivity contribution in [2.24, 2.45) is 0 Å². The Morgan fingerprint density at radius 2 is 1.84 bits per heavy atom. The third-order valence-electron chi connectivity index (χ3n) is 6.03. The first kappa shape index (κ1) is 21.1. The quantitative estimate of drug-likeness (QED) is 0.439. The van der Waals surface area contributed by atoms with Gasteiger partial charge in [0, 0.05) is 25.6 Å². The van der Waals surface area contributed by atoms with Crippen LogP contribution < -0.4 is 5.32 Å². The maximum atomic E-state index is 12.6. The van der Waals surface area contributed by atoms with Crippen LogP contribution in [0, 0.1) is 0 Å². The number of likely N-dealkylation sites (tertiary alicyclic amines) is 1. The first-order valence-corrected chi connectivity index (χ1v) is 10.8. The number of benzene rings is 3. The van der Waals surface area contributed by atoms with Gasteiger partial charge in [-0.05, 0) is 53.4 Å². The summed E-state index contributed by atoms with van der Waals surface area (Å²) in [5.74, 6) is -0.0759. The van der Waals surface area contributed by atoms with E-state index in [9.17, 15) is 9.59 Å². The molecular weight excluding hydrogens is 388 g/mol. The Labute approximate surface area is 183 Å². The number of rotatable bonds is 8. The van der Waals surface area contributed by atoms with Gasteiger partial charge in [-0.25, -0.2) is 4.79 Å². The van der Waals surface area contributed by atoms with Gasteiger partial charge < -0.3 is 15.0 Å². The van der Waals surface area contributed by atoms with E-state index >= 15 is 0 Å². The van der Waals surface area contributed by atoms with Gasteiger partial charge >= 0.3 is 5.97 Å². The van der Waals surface area contributed by atoms with Crippen LogP contribution in [0.15, 0.2) is 66.7 Å². The average Bonchev–Trinajstić information content (AvgIpc) is 3.16. The van der Waals surface area contributed by atoms with E-state index in [2.05, 4.69) is 46.6 Å². The van der Waals surface area contributed by atoms with Crippen LogP contribution in [0.4, 0.5) is 0 Å². The Morgan fingerprint density at radius 3 is 2.65 bits per heavy atom. The number of esters is 1. The van der Waals surface area contributed by atoms with Crippen molar-refractivity contribution >= 4 is 22.6 Å². The average molecular weight is 417 g/mol. The summed E-state index contributed by atoms with van der Waals surface area (Å²) in [5.41, 5.74) is 2.87. The molecule has 1 heterocycles. The summed E-state index contributed by atoms with van der Waals surface area (Å²) in [6.07, 6.45) is 2.47. The molecule has 1 aliphatic rings. The predicted molar refractivity (Wildman–Crippen MR) is 122 cm³/mol. The van der Waals surface area contributed by atoms with E-state index in [0.717, 1.165) is 31.5 Å². The number of carbonyl (C=O) groups excluding carboxylic acids is 2. The molecule has 31 heavy (non-hydrogen) atoms. The fourth-order valence-electron chi connectivity index (χ4n) is 4.30. The third-order valence-corrected chi connectivity index (χ3v) is 6.03. The van der Waals surface area contributed by atoms with Gasteiger partial charge in [-0.3, -0.25) is 4.79 Å². The monoisotopic (exact) mass is 416 g/mol. The molecule has 1 fully saturated rings. The smallest absolute Gasteiger partial charge is 0.337 e. The first-order chi connectivity index (χ1) is 15.2. The number of nitrogens with zero attached hydrogens (tertiary/aromatic N) is 1. The highest BCUT2D eigenvalue weighted by Gasteiger charge is 2.30. The summed E-state index contributed by atoms with van der Waals surface area (Å²) >= 11 is 0. The molecule has 4 rings (SSSR count). The predicted octanol–water partition coefficient (Wildman–Crippen LogP) is 4.30. The number of hydrogen-bond donors (Lipinski definition) is 1. The van der Waals surface area contributed by atoms with Crippen molar-refractivity contribution < 1.29 is 14.3 Å². The molecule has 0 aromatic heterocycles. The minimum absolute atomic E-state index is 0.247. The van der Waals surface area contributed by atoms with Gasteiger partial charge in [0.05, 0.1) is 12.7 Å². The Morgan fingerprint density at radius 1 is 1.06 bits per heavy atom. The molecule has 0 radical (unpaired) electrons. The minimum atomic E-state index is -0.323. The maximum absolute atomic E-state index is 12.6. The van der Waals surface area contributed by atoms with Crippen LogP contribution in [-0.2, 0) is 22.6 Å². The summed E-state index contributed by atoms with van der Waals surface area (Å²) in [4.78, 5) is 26.1. The van der Waals surface area contributed by atoms with Gasteiger partial charge in [-0.2, -0.15) is 0 Å². The Balaban J connectivity index is 1.32. The molecule has 5 nitrogen and oxygen atoms in total. The summed E-state index contributed by atoms with van der Waals surface area (Å²) < 4.78 is 4.73. The fourth-order valence-corrected chi connectivity index (χ4v) is 4.30. The summed E-state index contributed by atoms with van der Waals surface area (Å²) in [6, 6.07) is 22.4. The number of methoxy groups -OCH3 is 1. The molecule has 160 valence electrons. The molecule has 1 aliphatic heterocycles. The molecule has 3 aromatic carbocycles. The molecule has 0 saturated carbocycles. The van der Waals surface area contributed by atoms with E-state index in [-0.39, 0.29) is 17.9 Å². The lowest BCUT2D eigenvalue weighted by atomic mass is 10.0. The van der Waals surface area contributed by atoms with Gasteiger partial charge in [-0.1, -0.05) is 54.6 Å². The summed E-state index contributed by atoms with van der Waals surface area (Å²) in [6.45, 7) is 2.23. The summed E-state index contributed by atoms with van der Waals surface area (Å²) in [7, 11) is 1.38. The molecule has 1 amide bonds. The zero-order chi connectivity index (χ0) is 21.6. The normalized spacial score (nSPS) is 16.1. The van der Waals surface area contributed by atoms with E-state index in [4.69, 9.17) is 4.74 Å². The van der Waals surface area contributed by atoms with Crippen molar-refractivity contribution in [3.05, 3.63) is 83.4 Å². The van der Waals surface area contributed by atoms with Crippen molar-refractivity contribution in [3.63, 3.8) is 0 Å².